The number of benzene rings is 5. The van der Waals surface area contributed by atoms with Gasteiger partial charge in [-0.05, 0) is 83.1 Å². The zero-order valence-corrected chi connectivity index (χ0v) is 26.5. The van der Waals surface area contributed by atoms with Crippen molar-refractivity contribution in [3.63, 3.8) is 0 Å². The minimum atomic E-state index is -4.15. The number of aromatic hydroxyl groups is 1. The SMILES string of the molecule is CN1C(=O)N(c2ccc(-c3ccccc3)cc2)[C@H](c2ccc(-c3ccc([P+](O)(O)O)cc3)cc2O)[C@H]1CCC(O)c1ccc(F)cc1. The number of aliphatic hydroxyl groups excluding tert-OH is 1. The van der Waals surface area contributed by atoms with Crippen LogP contribution in [0.3, 0.4) is 0 Å². The Bertz CT molecular complexity index is 1850. The molecule has 0 aliphatic carbocycles. The van der Waals surface area contributed by atoms with Crippen LogP contribution in [0.25, 0.3) is 22.3 Å². The third-order valence-corrected chi connectivity index (χ3v) is 9.78. The molecule has 8 nitrogen and oxygen atoms in total. The second kappa shape index (κ2) is 13.2. The molecule has 1 aliphatic heterocycles. The van der Waals surface area contributed by atoms with Gasteiger partial charge in [-0.2, -0.15) is 14.7 Å². The second-order valence-corrected chi connectivity index (χ2v) is 13.4. The van der Waals surface area contributed by atoms with Gasteiger partial charge >= 0.3 is 14.0 Å². The summed E-state index contributed by atoms with van der Waals surface area (Å²) in [6.07, 6.45) is -0.196. The van der Waals surface area contributed by atoms with Crippen molar-refractivity contribution in [3.8, 4) is 28.0 Å². The lowest BCUT2D eigenvalue weighted by atomic mass is 9.91. The Morgan fingerprint density at radius 2 is 1.34 bits per heavy atom. The van der Waals surface area contributed by atoms with Gasteiger partial charge in [-0.3, -0.25) is 4.90 Å². The summed E-state index contributed by atoms with van der Waals surface area (Å²) in [5, 5.41) is 22.4. The van der Waals surface area contributed by atoms with Gasteiger partial charge in [-0.1, -0.05) is 78.9 Å². The Morgan fingerprint density at radius 1 is 0.766 bits per heavy atom. The lowest BCUT2D eigenvalue weighted by Crippen LogP contribution is -2.31. The molecule has 1 fully saturated rings. The lowest BCUT2D eigenvalue weighted by molar-refractivity contribution is 0.148. The predicted octanol–water partition coefficient (Wildman–Crippen LogP) is 6.73. The summed E-state index contributed by atoms with van der Waals surface area (Å²) < 4.78 is 13.5. The van der Waals surface area contributed by atoms with E-state index >= 15 is 0 Å². The number of rotatable bonds is 9. The number of anilines is 1. The standard InChI is InChI=1S/C37H34FN2O6P/c1-39-33(21-22-34(41)27-7-14-29(38)15-8-27)36(40(37(39)43)30-16-9-25(10-17-30)24-5-3-2-4-6-24)32-20-13-28(23-35(32)42)26-11-18-31(19-12-26)47(44,45)46/h2-20,23,33-34,36,41,44-46H,21-22H2,1H3/p+1/t33-,34?,36-/m1/s1. The molecule has 1 unspecified atom stereocenters. The van der Waals surface area contributed by atoms with Gasteiger partial charge in [0.2, 0.25) is 0 Å². The van der Waals surface area contributed by atoms with E-state index in [1.807, 2.05) is 60.7 Å². The number of carbonyl (C=O) groups is 1. The molecule has 1 heterocycles. The van der Waals surface area contributed by atoms with Crippen molar-refractivity contribution in [1.82, 2.24) is 4.90 Å². The molecule has 0 bridgehead atoms. The molecule has 6 rings (SSSR count). The fraction of sp³-hybridized carbons (Fsp3) is 0.162. The highest BCUT2D eigenvalue weighted by atomic mass is 31.2. The summed E-state index contributed by atoms with van der Waals surface area (Å²) in [7, 11) is -2.44. The van der Waals surface area contributed by atoms with E-state index in [2.05, 4.69) is 0 Å². The molecule has 5 N–H and O–H groups in total. The molecule has 0 spiro atoms. The molecule has 0 saturated carbocycles. The van der Waals surface area contributed by atoms with Crippen LogP contribution in [0.1, 0.15) is 36.1 Å². The van der Waals surface area contributed by atoms with E-state index in [9.17, 15) is 34.1 Å². The van der Waals surface area contributed by atoms with E-state index < -0.39 is 31.9 Å². The summed E-state index contributed by atoms with van der Waals surface area (Å²) in [6.45, 7) is 0. The number of aliphatic hydroxyl groups is 1. The fourth-order valence-electron chi connectivity index (χ4n) is 6.24. The monoisotopic (exact) mass is 653 g/mol. The molecule has 1 saturated heterocycles. The van der Waals surface area contributed by atoms with Crippen LogP contribution in [0.4, 0.5) is 14.9 Å². The number of urea groups is 1. The Balaban J connectivity index is 1.35. The van der Waals surface area contributed by atoms with Crippen molar-refractivity contribution >= 4 is 25.0 Å². The summed E-state index contributed by atoms with van der Waals surface area (Å²) in [6, 6.07) is 33.2. The number of hydrogen-bond donors (Lipinski definition) is 5. The maximum Gasteiger partial charge on any atom is 0.440 e. The van der Waals surface area contributed by atoms with Gasteiger partial charge in [-0.15, -0.1) is 0 Å². The van der Waals surface area contributed by atoms with E-state index in [1.54, 1.807) is 53.2 Å². The van der Waals surface area contributed by atoms with Crippen molar-refractivity contribution in [3.05, 3.63) is 138 Å². The van der Waals surface area contributed by atoms with Crippen molar-refractivity contribution in [2.75, 3.05) is 11.9 Å². The number of hydrogen-bond acceptors (Lipinski definition) is 6. The van der Waals surface area contributed by atoms with Crippen LogP contribution in [-0.4, -0.2) is 48.9 Å². The van der Waals surface area contributed by atoms with Gasteiger partial charge in [0.15, 0.2) is 5.30 Å². The van der Waals surface area contributed by atoms with Crippen molar-refractivity contribution in [2.45, 2.75) is 31.0 Å². The molecule has 5 aromatic rings. The van der Waals surface area contributed by atoms with E-state index in [-0.39, 0.29) is 17.1 Å². The first kappa shape index (κ1) is 32.3. The number of halogens is 1. The number of phenolic OH excluding ortho intramolecular Hbond substituents is 1. The van der Waals surface area contributed by atoms with Gasteiger partial charge in [0.05, 0.1) is 18.2 Å². The number of carbonyl (C=O) groups excluding carboxylic acids is 1. The maximum absolute atomic E-state index is 13.9. The molecule has 2 amide bonds. The molecule has 0 radical (unpaired) electrons. The van der Waals surface area contributed by atoms with Crippen molar-refractivity contribution < 1.29 is 34.1 Å². The van der Waals surface area contributed by atoms with Crippen molar-refractivity contribution in [2.24, 2.45) is 0 Å². The summed E-state index contributed by atoms with van der Waals surface area (Å²) in [5.74, 6) is -0.432. The third kappa shape index (κ3) is 6.76. The summed E-state index contributed by atoms with van der Waals surface area (Å²) in [5.41, 5.74) is 5.10. The average Bonchev–Trinajstić information content (AvgIpc) is 3.32. The molecule has 240 valence electrons. The lowest BCUT2D eigenvalue weighted by Gasteiger charge is -2.29. The molecule has 1 aliphatic rings. The van der Waals surface area contributed by atoms with E-state index in [1.165, 1.54) is 24.3 Å². The molecular formula is C37H35FN2O6P+. The first-order valence-corrected chi connectivity index (χ1v) is 16.8. The van der Waals surface area contributed by atoms with Crippen LogP contribution >= 0.6 is 7.94 Å². The zero-order valence-electron chi connectivity index (χ0n) is 25.6. The highest BCUT2D eigenvalue weighted by Gasteiger charge is 2.46. The molecule has 5 aromatic carbocycles. The van der Waals surface area contributed by atoms with Crippen LogP contribution in [0.5, 0.6) is 5.75 Å². The zero-order chi connectivity index (χ0) is 33.3. The normalized spacial score (nSPS) is 17.3. The minimum Gasteiger partial charge on any atom is -0.508 e. The Labute approximate surface area is 272 Å². The van der Waals surface area contributed by atoms with Crippen LogP contribution in [0, 0.1) is 5.82 Å². The number of nitrogens with zero attached hydrogens (tertiary/aromatic N) is 2. The smallest absolute Gasteiger partial charge is 0.440 e. The Kier molecular flexibility index (Phi) is 9.10. The number of phenols is 1. The molecule has 3 atom stereocenters. The average molecular weight is 654 g/mol. The number of likely N-dealkylation sites (N-methyl/N-ethyl adjacent to an activating group) is 1. The summed E-state index contributed by atoms with van der Waals surface area (Å²) in [4.78, 5) is 46.0. The Morgan fingerprint density at radius 3 is 1.96 bits per heavy atom. The predicted molar refractivity (Wildman–Crippen MR) is 181 cm³/mol. The third-order valence-electron chi connectivity index (χ3n) is 8.79. The quantitative estimate of drug-likeness (QED) is 0.113. The molecular weight excluding hydrogens is 618 g/mol. The van der Waals surface area contributed by atoms with Gasteiger partial charge in [0.25, 0.3) is 0 Å². The van der Waals surface area contributed by atoms with E-state index in [4.69, 9.17) is 0 Å². The largest absolute Gasteiger partial charge is 0.508 e. The summed E-state index contributed by atoms with van der Waals surface area (Å²) >= 11 is 0. The van der Waals surface area contributed by atoms with Crippen LogP contribution < -0.4 is 10.2 Å². The van der Waals surface area contributed by atoms with E-state index in [0.29, 0.717) is 40.8 Å². The Hall–Kier alpha value is -4.63. The van der Waals surface area contributed by atoms with Gasteiger partial charge in [-0.25, -0.2) is 9.18 Å². The molecule has 47 heavy (non-hydrogen) atoms. The topological polar surface area (TPSA) is 125 Å². The van der Waals surface area contributed by atoms with Gasteiger partial charge < -0.3 is 15.1 Å². The first-order valence-electron chi connectivity index (χ1n) is 15.2. The highest BCUT2D eigenvalue weighted by Crippen LogP contribution is 2.46. The van der Waals surface area contributed by atoms with Crippen LogP contribution in [0.2, 0.25) is 0 Å². The molecule has 10 heteroatoms. The second-order valence-electron chi connectivity index (χ2n) is 11.7. The van der Waals surface area contributed by atoms with Crippen molar-refractivity contribution in [1.29, 1.82) is 0 Å². The van der Waals surface area contributed by atoms with Crippen LogP contribution in [0.15, 0.2) is 121 Å². The van der Waals surface area contributed by atoms with Gasteiger partial charge in [0.1, 0.15) is 11.6 Å². The minimum absolute atomic E-state index is 0.00851. The highest BCUT2D eigenvalue weighted by molar-refractivity contribution is 7.66. The molecule has 0 aromatic heterocycles. The fourth-order valence-corrected chi connectivity index (χ4v) is 6.79. The van der Waals surface area contributed by atoms with Crippen LogP contribution in [-0.2, 0) is 0 Å². The van der Waals surface area contributed by atoms with E-state index in [0.717, 1.165) is 11.1 Å². The first-order chi connectivity index (χ1) is 22.5. The maximum atomic E-state index is 13.9. The van der Waals surface area contributed by atoms with Gasteiger partial charge in [0, 0.05) is 18.3 Å². The number of amides is 2.